The zero-order chi connectivity index (χ0) is 96.3. The molecule has 666 valence electrons. The summed E-state index contributed by atoms with van der Waals surface area (Å²) in [6.45, 7) is 52.3. The van der Waals surface area contributed by atoms with Gasteiger partial charge in [-0.15, -0.1) is 0 Å². The van der Waals surface area contributed by atoms with Crippen LogP contribution in [0, 0.1) is 94.7 Å². The van der Waals surface area contributed by atoms with Crippen LogP contribution in [0.25, 0.3) is 90.7 Å². The summed E-state index contributed by atoms with van der Waals surface area (Å²) in [6, 6.07) is 65.5. The maximum Gasteiger partial charge on any atom is 2.00 e. The van der Waals surface area contributed by atoms with E-state index in [-0.39, 0.29) is 203 Å². The molecule has 17 rings (SSSR count). The maximum atomic E-state index is 5.46. The van der Waals surface area contributed by atoms with Crippen molar-refractivity contribution in [3.05, 3.63) is 329 Å². The first-order valence-electron chi connectivity index (χ1n) is 45.7. The topological polar surface area (TPSA) is 209 Å². The fourth-order valence-electron chi connectivity index (χ4n) is 15.0. The van der Waals surface area contributed by atoms with Crippen molar-refractivity contribution < 1.29 is 0 Å². The van der Waals surface area contributed by atoms with Crippen molar-refractivity contribution in [2.24, 2.45) is 0 Å². The van der Waals surface area contributed by atoms with Crippen LogP contribution in [0.15, 0.2) is 194 Å². The van der Waals surface area contributed by atoms with E-state index < -0.39 is 0 Å². The van der Waals surface area contributed by atoms with Crippen LogP contribution in [-0.4, -0.2) is 92.8 Å². The summed E-state index contributed by atoms with van der Waals surface area (Å²) in [5.74, 6) is 54.5. The van der Waals surface area contributed by atoms with Gasteiger partial charge in [-0.2, -0.15) is 0 Å². The summed E-state index contributed by atoms with van der Waals surface area (Å²) in [5.41, 5.74) is 17.4. The number of benzene rings is 8. The summed E-state index contributed by atoms with van der Waals surface area (Å²) in [7, 11) is 0. The smallest absolute Gasteiger partial charge is 0.354 e. The molecule has 7 aromatic heterocycles. The molecule has 15 aromatic rings. The Morgan fingerprint density at radius 3 is 0.401 bits per heavy atom. The predicted molar refractivity (Wildman–Crippen MR) is 551 cm³/mol. The van der Waals surface area contributed by atoms with Crippen molar-refractivity contribution in [1.82, 2.24) is 79.7 Å². The van der Waals surface area contributed by atoms with Crippen LogP contribution in [-0.2, 0) is 43.3 Å². The molecular formula is C120H104MgN16. The molecule has 0 radical (unpaired) electrons. The van der Waals surface area contributed by atoms with Crippen LogP contribution in [0.2, 0.25) is 0 Å². The molecule has 0 fully saturated rings. The Kier molecular flexibility index (Phi) is 25.5. The number of nitrogens with zero attached hydrogens (tertiary/aromatic N) is 16. The van der Waals surface area contributed by atoms with E-state index in [1.807, 2.05) is 97.1 Å². The van der Waals surface area contributed by atoms with E-state index in [1.54, 1.807) is 0 Å². The third-order valence-electron chi connectivity index (χ3n) is 23.6. The molecule has 2 aliphatic heterocycles. The molecule has 17 heteroatoms. The first-order chi connectivity index (χ1) is 64.3. The van der Waals surface area contributed by atoms with E-state index in [1.165, 1.54) is 0 Å². The summed E-state index contributed by atoms with van der Waals surface area (Å²) >= 11 is 0. The molecule has 0 saturated heterocycles. The summed E-state index contributed by atoms with van der Waals surface area (Å²) in [4.78, 5) is 86.9. The largest absolute Gasteiger partial charge is 2.00 e. The average molecular weight is 1790 g/mol. The molecule has 8 bridgehead atoms. The third-order valence-corrected chi connectivity index (χ3v) is 23.6. The van der Waals surface area contributed by atoms with Gasteiger partial charge < -0.3 is 29.9 Å². The number of hydrogen-bond acceptors (Lipinski definition) is 14. The second kappa shape index (κ2) is 36.8. The molecule has 137 heavy (non-hydrogen) atoms. The molecular weight excluding hydrogens is 1690 g/mol. The molecule has 0 atom stereocenters. The molecule has 0 N–H and O–H groups in total. The standard InChI is InChI=1S/C120H104N16.Mg/c1-113(2,3)81-49-25-73(26-50-81)41-65-89-90(66-42-74-27-51-82(52-28-74)114(4,5)6)122-98-97(121-89)105-129-106(98)134-108-101-102(126-94(70-46-78-35-59-86(60-36-78)118(16,17)18)93(125-101)69-45-77-33-57-85(58-34-77)117(13,14)15)110(131-108)136-112-104-103(127-95(71-47-79-37-61-87(62-38-79)119(19,20)21)96(128-104)72-48-80-39-63-88(64-40-80)120(22,23)24)111(132-112)135-109-100-99(107(130-109)133-105)123-91(67-43-75-29-53-83(54-30-75)115(7,8)9)92(124-100)68-44-76-31-55-84(56-32-76)116(10,11)12;/h25-40,49-64H,1-24H3;/q-2;+2. The molecule has 2 aliphatic rings. The Bertz CT molecular complexity index is 7160. The van der Waals surface area contributed by atoms with Crippen molar-refractivity contribution in [2.75, 3.05) is 0 Å². The van der Waals surface area contributed by atoms with E-state index in [0.717, 1.165) is 89.0 Å². The normalized spacial score (nSPS) is 11.9. The number of fused-ring (bicyclic) bond motifs is 20. The molecule has 0 unspecified atom stereocenters. The Balaban J connectivity index is 0.0000136. The third kappa shape index (κ3) is 21.6. The van der Waals surface area contributed by atoms with Gasteiger partial charge in [-0.25, -0.2) is 49.8 Å². The zero-order valence-electron chi connectivity index (χ0n) is 82.3. The molecule has 0 saturated carbocycles. The van der Waals surface area contributed by atoms with E-state index >= 15 is 0 Å². The van der Waals surface area contributed by atoms with Crippen molar-refractivity contribution in [3.63, 3.8) is 0 Å². The van der Waals surface area contributed by atoms with Gasteiger partial charge in [0.15, 0.2) is 0 Å². The van der Waals surface area contributed by atoms with Crippen LogP contribution in [0.1, 0.15) is 301 Å². The van der Waals surface area contributed by atoms with Crippen molar-refractivity contribution in [3.8, 4) is 141 Å². The van der Waals surface area contributed by atoms with Crippen molar-refractivity contribution in [2.45, 2.75) is 209 Å². The SMILES string of the molecule is CC(C)(C)c1ccc(C#Cc2nc3c(nc2C#Cc2ccc(C(C)(C)C)cc2)-c2nc-3nc3[n-]c(nc4nc(nc5[n-]c(n2)c2nc(C#Cc6ccc(C(C)(C)C)cc6)c(C#Cc6ccc(C(C)(C)C)cc6)nc52)-c2nc(C#Cc5ccc(C(C)(C)C)cc5)c(C#Cc5ccc(C(C)(C)C)cc5)nc2-4)c2nc(C#Cc4ccc(C(C)(C)C)cc4)c(C#Cc4ccc(C(C)(C)C)cc4)nc32)cc1.[Mg+2]. The first kappa shape index (κ1) is 94.9. The van der Waals surface area contributed by atoms with Crippen LogP contribution in [0.3, 0.4) is 0 Å². The Morgan fingerprint density at radius 1 is 0.153 bits per heavy atom. The minimum absolute atomic E-state index is 0. The predicted octanol–water partition coefficient (Wildman–Crippen LogP) is 22.5. The Labute approximate surface area is 820 Å². The van der Waals surface area contributed by atoms with Crippen LogP contribution < -0.4 is 9.97 Å². The van der Waals surface area contributed by atoms with Crippen molar-refractivity contribution in [1.29, 1.82) is 0 Å². The van der Waals surface area contributed by atoms with Crippen LogP contribution in [0.5, 0.6) is 0 Å². The van der Waals surface area contributed by atoms with Crippen LogP contribution >= 0.6 is 0 Å². The quantitative estimate of drug-likeness (QED) is 0.102. The zero-order valence-corrected chi connectivity index (χ0v) is 83.8. The van der Waals surface area contributed by atoms with Crippen LogP contribution in [0.4, 0.5) is 0 Å². The van der Waals surface area contributed by atoms with Crippen molar-refractivity contribution >= 4 is 67.7 Å². The number of hydrogen-bond donors (Lipinski definition) is 0. The Hall–Kier alpha value is -15.3. The van der Waals surface area contributed by atoms with Gasteiger partial charge >= 0.3 is 23.1 Å². The van der Waals surface area contributed by atoms with Gasteiger partial charge in [-0.05, 0) is 232 Å². The number of rotatable bonds is 0. The second-order valence-electron chi connectivity index (χ2n) is 42.6. The average Bonchev–Trinajstić information content (AvgIpc) is 1.59. The maximum absolute atomic E-state index is 5.46. The number of aromatic nitrogens is 16. The molecule has 0 amide bonds. The van der Waals surface area contributed by atoms with Gasteiger partial charge in [0, 0.05) is 67.1 Å². The molecule has 8 aromatic carbocycles. The summed E-state index contributed by atoms with van der Waals surface area (Å²) in [5, 5.41) is 0. The molecule has 9 heterocycles. The minimum Gasteiger partial charge on any atom is -0.354 e. The van der Waals surface area contributed by atoms with E-state index in [0.29, 0.717) is 0 Å². The van der Waals surface area contributed by atoms with Gasteiger partial charge in [0.25, 0.3) is 0 Å². The van der Waals surface area contributed by atoms with E-state index in [2.05, 4.69) is 358 Å². The fraction of sp³-hybridized carbons (Fsp3) is 0.267. The molecule has 16 nitrogen and oxygen atoms in total. The molecule has 0 spiro atoms. The molecule has 0 aliphatic carbocycles. The minimum atomic E-state index is -0.111. The van der Waals surface area contributed by atoms with Gasteiger partial charge in [-0.1, -0.05) is 311 Å². The summed E-state index contributed by atoms with van der Waals surface area (Å²) in [6.07, 6.45) is 0. The summed E-state index contributed by atoms with van der Waals surface area (Å²) < 4.78 is 0. The van der Waals surface area contributed by atoms with Gasteiger partial charge in [0.1, 0.15) is 114 Å². The second-order valence-corrected chi connectivity index (χ2v) is 42.6. The van der Waals surface area contributed by atoms with Gasteiger partial charge in [0.2, 0.25) is 0 Å². The Morgan fingerprint density at radius 2 is 0.277 bits per heavy atom. The van der Waals surface area contributed by atoms with Gasteiger partial charge in [0.05, 0.1) is 0 Å². The van der Waals surface area contributed by atoms with E-state index in [9.17, 15) is 0 Å². The fourth-order valence-corrected chi connectivity index (χ4v) is 15.0. The van der Waals surface area contributed by atoms with E-state index in [4.69, 9.17) is 79.7 Å². The monoisotopic (exact) mass is 1790 g/mol. The van der Waals surface area contributed by atoms with Gasteiger partial charge in [-0.3, -0.25) is 0 Å². The first-order valence-corrected chi connectivity index (χ1v) is 45.7.